The van der Waals surface area contributed by atoms with Gasteiger partial charge in [0, 0.05) is 6.54 Å². The highest BCUT2D eigenvalue weighted by Crippen LogP contribution is 2.26. The highest BCUT2D eigenvalue weighted by Gasteiger charge is 2.14. The van der Waals surface area contributed by atoms with Crippen molar-refractivity contribution in [3.63, 3.8) is 0 Å². The Morgan fingerprint density at radius 1 is 1.54 bits per heavy atom. The van der Waals surface area contributed by atoms with Gasteiger partial charge in [0.25, 0.3) is 6.43 Å². The van der Waals surface area contributed by atoms with E-state index < -0.39 is 6.43 Å². The number of alkyl halides is 2. The first-order valence-electron chi connectivity index (χ1n) is 3.71. The molecule has 13 heavy (non-hydrogen) atoms. The van der Waals surface area contributed by atoms with E-state index in [1.807, 2.05) is 0 Å². The van der Waals surface area contributed by atoms with Crippen molar-refractivity contribution in [1.82, 2.24) is 4.98 Å². The molecule has 0 saturated heterocycles. The molecule has 1 rings (SSSR count). The van der Waals surface area contributed by atoms with E-state index in [0.29, 0.717) is 5.69 Å². The van der Waals surface area contributed by atoms with E-state index in [-0.39, 0.29) is 18.0 Å². The summed E-state index contributed by atoms with van der Waals surface area (Å²) in [6.07, 6.45) is -2.57. The van der Waals surface area contributed by atoms with E-state index in [1.54, 1.807) is 0 Å². The molecule has 3 nitrogen and oxygen atoms in total. The van der Waals surface area contributed by atoms with Crippen LogP contribution in [0.3, 0.4) is 0 Å². The normalized spacial score (nSPS) is 10.5. The van der Waals surface area contributed by atoms with Crippen LogP contribution in [0.4, 0.5) is 8.78 Å². The van der Waals surface area contributed by atoms with Gasteiger partial charge in [-0.3, -0.25) is 0 Å². The van der Waals surface area contributed by atoms with Crippen molar-refractivity contribution in [3.05, 3.63) is 23.4 Å². The Bertz CT molecular complexity index is 291. The van der Waals surface area contributed by atoms with Crippen LogP contribution in [-0.2, 0) is 6.54 Å². The van der Waals surface area contributed by atoms with E-state index in [1.165, 1.54) is 19.2 Å². The molecule has 0 unspecified atom stereocenters. The second-order valence-corrected chi connectivity index (χ2v) is 2.41. The van der Waals surface area contributed by atoms with E-state index in [9.17, 15) is 8.78 Å². The van der Waals surface area contributed by atoms with Gasteiger partial charge in [-0.25, -0.2) is 13.8 Å². The van der Waals surface area contributed by atoms with E-state index in [0.717, 1.165) is 0 Å². The van der Waals surface area contributed by atoms with Crippen molar-refractivity contribution in [2.75, 3.05) is 7.11 Å². The molecule has 72 valence electrons. The summed E-state index contributed by atoms with van der Waals surface area (Å²) in [5, 5.41) is 0. The summed E-state index contributed by atoms with van der Waals surface area (Å²) in [5.74, 6) is -0.0575. The summed E-state index contributed by atoms with van der Waals surface area (Å²) in [6.45, 7) is 0.208. The van der Waals surface area contributed by atoms with Crippen molar-refractivity contribution >= 4 is 0 Å². The summed E-state index contributed by atoms with van der Waals surface area (Å²) in [6, 6.07) is 2.74. The lowest BCUT2D eigenvalue weighted by molar-refractivity contribution is 0.146. The van der Waals surface area contributed by atoms with Gasteiger partial charge < -0.3 is 10.5 Å². The first-order chi connectivity index (χ1) is 6.19. The van der Waals surface area contributed by atoms with Gasteiger partial charge in [-0.2, -0.15) is 0 Å². The predicted molar refractivity (Wildman–Crippen MR) is 43.6 cm³/mol. The lowest BCUT2D eigenvalue weighted by atomic mass is 10.2. The molecule has 0 atom stereocenters. The van der Waals surface area contributed by atoms with Gasteiger partial charge in [0.15, 0.2) is 0 Å². The molecular formula is C8H10F2N2O. The molecule has 0 aromatic carbocycles. The van der Waals surface area contributed by atoms with Gasteiger partial charge in [0.1, 0.15) is 0 Å². The first kappa shape index (κ1) is 9.85. The molecule has 0 amide bonds. The van der Waals surface area contributed by atoms with E-state index >= 15 is 0 Å². The highest BCUT2D eigenvalue weighted by molar-refractivity contribution is 5.29. The fourth-order valence-corrected chi connectivity index (χ4v) is 0.933. The molecule has 0 radical (unpaired) electrons. The third-order valence-corrected chi connectivity index (χ3v) is 1.58. The minimum absolute atomic E-state index is 0.0575. The van der Waals surface area contributed by atoms with E-state index in [4.69, 9.17) is 10.5 Å². The number of rotatable bonds is 3. The maximum atomic E-state index is 12.3. The lowest BCUT2D eigenvalue weighted by Crippen LogP contribution is -2.03. The standard InChI is InChI=1S/C8H10F2N2O/c1-13-8-6(7(9)10)3-2-5(4-11)12-8/h2-3,7H,4,11H2,1H3. The quantitative estimate of drug-likeness (QED) is 0.781. The van der Waals surface area contributed by atoms with Crippen LogP contribution in [0.15, 0.2) is 12.1 Å². The average Bonchev–Trinajstić information content (AvgIpc) is 2.16. The zero-order valence-electron chi connectivity index (χ0n) is 7.13. The van der Waals surface area contributed by atoms with Crippen molar-refractivity contribution in [3.8, 4) is 5.88 Å². The molecule has 1 aromatic heterocycles. The van der Waals surface area contributed by atoms with Gasteiger partial charge in [-0.15, -0.1) is 0 Å². The molecule has 1 heterocycles. The minimum atomic E-state index is -2.57. The average molecular weight is 188 g/mol. The van der Waals surface area contributed by atoms with Gasteiger partial charge in [-0.1, -0.05) is 0 Å². The Morgan fingerprint density at radius 3 is 2.69 bits per heavy atom. The Kier molecular flexibility index (Phi) is 3.13. The SMILES string of the molecule is COc1nc(CN)ccc1C(F)F. The molecule has 0 bridgehead atoms. The highest BCUT2D eigenvalue weighted by atomic mass is 19.3. The zero-order chi connectivity index (χ0) is 9.84. The number of hydrogen-bond acceptors (Lipinski definition) is 3. The molecule has 0 aliphatic heterocycles. The molecular weight excluding hydrogens is 178 g/mol. The second-order valence-electron chi connectivity index (χ2n) is 2.41. The summed E-state index contributed by atoms with van der Waals surface area (Å²) in [7, 11) is 1.30. The van der Waals surface area contributed by atoms with Crippen LogP contribution in [0.2, 0.25) is 0 Å². The maximum absolute atomic E-state index is 12.3. The van der Waals surface area contributed by atoms with Crippen LogP contribution < -0.4 is 10.5 Å². The molecule has 0 saturated carbocycles. The van der Waals surface area contributed by atoms with Crippen LogP contribution in [0.5, 0.6) is 5.88 Å². The molecule has 2 N–H and O–H groups in total. The Labute approximate surface area is 74.5 Å². The van der Waals surface area contributed by atoms with Crippen molar-refractivity contribution in [2.24, 2.45) is 5.73 Å². The number of methoxy groups -OCH3 is 1. The van der Waals surface area contributed by atoms with Gasteiger partial charge >= 0.3 is 0 Å². The second kappa shape index (κ2) is 4.13. The molecule has 0 aliphatic rings. The topological polar surface area (TPSA) is 48.1 Å². The number of pyridine rings is 1. The smallest absolute Gasteiger partial charge is 0.269 e. The summed E-state index contributed by atoms with van der Waals surface area (Å²) in [4.78, 5) is 3.80. The largest absolute Gasteiger partial charge is 0.481 e. The first-order valence-corrected chi connectivity index (χ1v) is 3.71. The number of nitrogens with two attached hydrogens (primary N) is 1. The maximum Gasteiger partial charge on any atom is 0.269 e. The van der Waals surface area contributed by atoms with Crippen LogP contribution in [0.1, 0.15) is 17.7 Å². The third kappa shape index (κ3) is 2.12. The molecule has 1 aromatic rings. The van der Waals surface area contributed by atoms with Gasteiger partial charge in [-0.05, 0) is 12.1 Å². The number of hydrogen-bond donors (Lipinski definition) is 1. The van der Waals surface area contributed by atoms with Crippen molar-refractivity contribution in [1.29, 1.82) is 0 Å². The fourth-order valence-electron chi connectivity index (χ4n) is 0.933. The van der Waals surface area contributed by atoms with Crippen molar-refractivity contribution < 1.29 is 13.5 Å². The lowest BCUT2D eigenvalue weighted by Gasteiger charge is -2.07. The minimum Gasteiger partial charge on any atom is -0.481 e. The van der Waals surface area contributed by atoms with Gasteiger partial charge in [0.05, 0.1) is 18.4 Å². The monoisotopic (exact) mass is 188 g/mol. The number of ether oxygens (including phenoxy) is 1. The Morgan fingerprint density at radius 2 is 2.23 bits per heavy atom. The van der Waals surface area contributed by atoms with Crippen LogP contribution in [0, 0.1) is 0 Å². The molecule has 0 fully saturated rings. The number of halogens is 2. The van der Waals surface area contributed by atoms with E-state index in [2.05, 4.69) is 4.98 Å². The van der Waals surface area contributed by atoms with Gasteiger partial charge in [0.2, 0.25) is 5.88 Å². The Balaban J connectivity index is 3.08. The summed E-state index contributed by atoms with van der Waals surface area (Å²) in [5.41, 5.74) is 5.61. The fraction of sp³-hybridized carbons (Fsp3) is 0.375. The van der Waals surface area contributed by atoms with Crippen molar-refractivity contribution in [2.45, 2.75) is 13.0 Å². The molecule has 5 heteroatoms. The third-order valence-electron chi connectivity index (χ3n) is 1.58. The van der Waals surface area contributed by atoms with Crippen LogP contribution in [-0.4, -0.2) is 12.1 Å². The molecule has 0 aliphatic carbocycles. The number of nitrogens with zero attached hydrogens (tertiary/aromatic N) is 1. The van der Waals surface area contributed by atoms with Crippen LogP contribution >= 0.6 is 0 Å². The molecule has 0 spiro atoms. The number of aromatic nitrogens is 1. The predicted octanol–water partition coefficient (Wildman–Crippen LogP) is 1.49. The van der Waals surface area contributed by atoms with Crippen LogP contribution in [0.25, 0.3) is 0 Å². The summed E-state index contributed by atoms with van der Waals surface area (Å²) >= 11 is 0. The summed E-state index contributed by atoms with van der Waals surface area (Å²) < 4.78 is 29.3. The zero-order valence-corrected chi connectivity index (χ0v) is 7.13. The Hall–Kier alpha value is -1.23.